The van der Waals surface area contributed by atoms with Crippen LogP contribution in [0.25, 0.3) is 33.1 Å². The van der Waals surface area contributed by atoms with Crippen LogP contribution in [0.1, 0.15) is 0 Å². The first-order chi connectivity index (χ1) is 13.8. The standard InChI is InChI=1S/C23H19N3O2/c27-13-12-26-11-10-18-14-16(6-8-21(18)26)17-7-9-22-20(15-17)25-23(28-22)24-19-4-2-1-3-5-19/h1-11,14-15,27H,12-13H2,(H,24,25). The minimum atomic E-state index is 0.133. The molecular weight excluding hydrogens is 350 g/mol. The number of anilines is 2. The number of aromatic nitrogens is 2. The lowest BCUT2D eigenvalue weighted by atomic mass is 10.0. The topological polar surface area (TPSA) is 63.2 Å². The molecule has 5 nitrogen and oxygen atoms in total. The van der Waals surface area contributed by atoms with Crippen LogP contribution in [0, 0.1) is 0 Å². The van der Waals surface area contributed by atoms with Gasteiger partial charge in [0.25, 0.3) is 6.01 Å². The van der Waals surface area contributed by atoms with Gasteiger partial charge in [0.1, 0.15) is 5.52 Å². The average Bonchev–Trinajstić information content (AvgIpc) is 3.31. The summed E-state index contributed by atoms with van der Waals surface area (Å²) in [4.78, 5) is 4.58. The Bertz CT molecular complexity index is 1260. The molecule has 5 aromatic rings. The summed E-state index contributed by atoms with van der Waals surface area (Å²) < 4.78 is 7.87. The second-order valence-corrected chi connectivity index (χ2v) is 6.70. The predicted molar refractivity (Wildman–Crippen MR) is 112 cm³/mol. The Labute approximate surface area is 161 Å². The van der Waals surface area contributed by atoms with Crippen LogP contribution in [-0.4, -0.2) is 21.3 Å². The molecule has 138 valence electrons. The van der Waals surface area contributed by atoms with Crippen LogP contribution in [0.4, 0.5) is 11.7 Å². The number of nitrogens with zero attached hydrogens (tertiary/aromatic N) is 2. The fourth-order valence-electron chi connectivity index (χ4n) is 3.49. The Hall–Kier alpha value is -3.57. The molecule has 0 saturated carbocycles. The highest BCUT2D eigenvalue weighted by Crippen LogP contribution is 2.29. The van der Waals surface area contributed by atoms with E-state index < -0.39 is 0 Å². The lowest BCUT2D eigenvalue weighted by molar-refractivity contribution is 0.278. The molecule has 0 fully saturated rings. The molecule has 5 rings (SSSR count). The van der Waals surface area contributed by atoms with Gasteiger partial charge in [0, 0.05) is 29.3 Å². The highest BCUT2D eigenvalue weighted by atomic mass is 16.4. The third kappa shape index (κ3) is 3.02. The van der Waals surface area contributed by atoms with Gasteiger partial charge in [0.05, 0.1) is 6.61 Å². The third-order valence-electron chi connectivity index (χ3n) is 4.86. The summed E-state index contributed by atoms with van der Waals surface area (Å²) in [5, 5.41) is 13.5. The summed E-state index contributed by atoms with van der Waals surface area (Å²) in [6.45, 7) is 0.735. The van der Waals surface area contributed by atoms with E-state index in [0.29, 0.717) is 12.6 Å². The van der Waals surface area contributed by atoms with Crippen molar-refractivity contribution in [2.75, 3.05) is 11.9 Å². The molecule has 2 aromatic heterocycles. The minimum Gasteiger partial charge on any atom is -0.423 e. The molecular formula is C23H19N3O2. The van der Waals surface area contributed by atoms with Crippen LogP contribution < -0.4 is 5.32 Å². The molecule has 5 heteroatoms. The number of aliphatic hydroxyl groups excluding tert-OH is 1. The Kier molecular flexibility index (Phi) is 4.07. The maximum Gasteiger partial charge on any atom is 0.300 e. The van der Waals surface area contributed by atoms with Crippen molar-refractivity contribution in [3.05, 3.63) is 79.0 Å². The van der Waals surface area contributed by atoms with Gasteiger partial charge in [-0.1, -0.05) is 30.3 Å². The summed E-state index contributed by atoms with van der Waals surface area (Å²) in [5.41, 5.74) is 5.83. The zero-order chi connectivity index (χ0) is 18.9. The molecule has 0 aliphatic heterocycles. The highest BCUT2D eigenvalue weighted by Gasteiger charge is 2.09. The Morgan fingerprint density at radius 2 is 1.75 bits per heavy atom. The molecule has 0 atom stereocenters. The summed E-state index contributed by atoms with van der Waals surface area (Å²) in [6.07, 6.45) is 2.01. The van der Waals surface area contributed by atoms with Crippen LogP contribution in [0.5, 0.6) is 0 Å². The molecule has 0 radical (unpaired) electrons. The molecule has 0 saturated heterocycles. The average molecular weight is 369 g/mol. The van der Waals surface area contributed by atoms with E-state index in [2.05, 4.69) is 39.1 Å². The largest absolute Gasteiger partial charge is 0.423 e. The SMILES string of the molecule is OCCn1ccc2cc(-c3ccc4oc(Nc5ccccc5)nc4c3)ccc21. The van der Waals surface area contributed by atoms with Crippen molar-refractivity contribution in [2.24, 2.45) is 0 Å². The lowest BCUT2D eigenvalue weighted by Gasteiger charge is -2.05. The van der Waals surface area contributed by atoms with Gasteiger partial charge in [-0.2, -0.15) is 4.98 Å². The number of para-hydroxylation sites is 1. The third-order valence-corrected chi connectivity index (χ3v) is 4.86. The van der Waals surface area contributed by atoms with Gasteiger partial charge in [-0.05, 0) is 53.6 Å². The van der Waals surface area contributed by atoms with E-state index in [-0.39, 0.29) is 6.61 Å². The van der Waals surface area contributed by atoms with Crippen molar-refractivity contribution in [3.8, 4) is 11.1 Å². The second-order valence-electron chi connectivity index (χ2n) is 6.70. The smallest absolute Gasteiger partial charge is 0.300 e. The van der Waals surface area contributed by atoms with Gasteiger partial charge in [-0.25, -0.2) is 0 Å². The number of oxazole rings is 1. The molecule has 2 heterocycles. The van der Waals surface area contributed by atoms with Crippen molar-refractivity contribution in [1.82, 2.24) is 9.55 Å². The maximum absolute atomic E-state index is 9.18. The number of rotatable bonds is 5. The predicted octanol–water partition coefficient (Wildman–Crippen LogP) is 5.19. The van der Waals surface area contributed by atoms with Gasteiger partial charge in [-0.15, -0.1) is 0 Å². The first-order valence-electron chi connectivity index (χ1n) is 9.23. The molecule has 0 amide bonds. The van der Waals surface area contributed by atoms with Crippen LogP contribution >= 0.6 is 0 Å². The molecule has 2 N–H and O–H groups in total. The van der Waals surface area contributed by atoms with Crippen LogP contribution in [0.2, 0.25) is 0 Å². The number of benzene rings is 3. The normalized spacial score (nSPS) is 11.3. The van der Waals surface area contributed by atoms with E-state index >= 15 is 0 Å². The quantitative estimate of drug-likeness (QED) is 0.448. The van der Waals surface area contributed by atoms with E-state index in [1.54, 1.807) is 0 Å². The second kappa shape index (κ2) is 6.87. The van der Waals surface area contributed by atoms with Gasteiger partial charge in [-0.3, -0.25) is 0 Å². The van der Waals surface area contributed by atoms with Crippen molar-refractivity contribution in [3.63, 3.8) is 0 Å². The van der Waals surface area contributed by atoms with E-state index in [4.69, 9.17) is 4.42 Å². The first-order valence-corrected chi connectivity index (χ1v) is 9.23. The Balaban J connectivity index is 1.48. The van der Waals surface area contributed by atoms with Crippen LogP contribution in [-0.2, 0) is 6.54 Å². The maximum atomic E-state index is 9.18. The van der Waals surface area contributed by atoms with Crippen molar-refractivity contribution in [2.45, 2.75) is 6.54 Å². The molecule has 0 aliphatic rings. The molecule has 0 aliphatic carbocycles. The number of fused-ring (bicyclic) bond motifs is 2. The van der Waals surface area contributed by atoms with Crippen LogP contribution in [0.15, 0.2) is 83.4 Å². The van der Waals surface area contributed by atoms with Crippen LogP contribution in [0.3, 0.4) is 0 Å². The molecule has 3 aromatic carbocycles. The van der Waals surface area contributed by atoms with E-state index in [1.807, 2.05) is 54.7 Å². The molecule has 28 heavy (non-hydrogen) atoms. The summed E-state index contributed by atoms with van der Waals surface area (Å²) in [7, 11) is 0. The van der Waals surface area contributed by atoms with E-state index in [9.17, 15) is 5.11 Å². The Morgan fingerprint density at radius 1 is 0.929 bits per heavy atom. The van der Waals surface area contributed by atoms with Gasteiger partial charge in [0.15, 0.2) is 5.58 Å². The van der Waals surface area contributed by atoms with Gasteiger partial charge >= 0.3 is 0 Å². The number of hydrogen-bond donors (Lipinski definition) is 2. The highest BCUT2D eigenvalue weighted by molar-refractivity contribution is 5.88. The van der Waals surface area contributed by atoms with Gasteiger partial charge in [0.2, 0.25) is 0 Å². The van der Waals surface area contributed by atoms with E-state index in [1.165, 1.54) is 0 Å². The lowest BCUT2D eigenvalue weighted by Crippen LogP contribution is -1.99. The van der Waals surface area contributed by atoms with Crippen molar-refractivity contribution >= 4 is 33.7 Å². The first kappa shape index (κ1) is 16.6. The fraction of sp³-hybridized carbons (Fsp3) is 0.0870. The summed E-state index contributed by atoms with van der Waals surface area (Å²) >= 11 is 0. The number of nitrogens with one attached hydrogen (secondary N) is 1. The van der Waals surface area contributed by atoms with E-state index in [0.717, 1.165) is 38.8 Å². The van der Waals surface area contributed by atoms with Crippen molar-refractivity contribution in [1.29, 1.82) is 0 Å². The Morgan fingerprint density at radius 3 is 2.61 bits per heavy atom. The monoisotopic (exact) mass is 369 g/mol. The zero-order valence-corrected chi connectivity index (χ0v) is 15.2. The number of hydrogen-bond acceptors (Lipinski definition) is 4. The molecule has 0 unspecified atom stereocenters. The molecule has 0 bridgehead atoms. The van der Waals surface area contributed by atoms with Gasteiger partial charge < -0.3 is 19.4 Å². The minimum absolute atomic E-state index is 0.133. The molecule has 0 spiro atoms. The fourth-order valence-corrected chi connectivity index (χ4v) is 3.49. The summed E-state index contributed by atoms with van der Waals surface area (Å²) in [6, 6.07) is 24.8. The number of aliphatic hydroxyl groups is 1. The zero-order valence-electron chi connectivity index (χ0n) is 15.2. The summed E-state index contributed by atoms with van der Waals surface area (Å²) in [5.74, 6) is 0. The van der Waals surface area contributed by atoms with Crippen molar-refractivity contribution < 1.29 is 9.52 Å².